The molecule has 0 aliphatic rings. The van der Waals surface area contributed by atoms with Crippen LogP contribution in [0, 0.1) is 0 Å². The zero-order valence-corrected chi connectivity index (χ0v) is 51.1. The van der Waals surface area contributed by atoms with Crippen molar-refractivity contribution in [3.63, 3.8) is 0 Å². The Morgan fingerprint density at radius 1 is 0.474 bits per heavy atom. The first-order valence-corrected chi connectivity index (χ1v) is 32.9. The summed E-state index contributed by atoms with van der Waals surface area (Å²) in [6.45, 7) is 6.68. The highest BCUT2D eigenvalue weighted by Gasteiger charge is 2.27. The fourth-order valence-corrected chi connectivity index (χ4v) is 9.43. The second-order valence-electron chi connectivity index (χ2n) is 22.2. The predicted molar refractivity (Wildman–Crippen MR) is 325 cm³/mol. The number of nitrogens with zero attached hydrogens (tertiary/aromatic N) is 1. The van der Waals surface area contributed by atoms with E-state index in [1.54, 1.807) is 0 Å². The van der Waals surface area contributed by atoms with Gasteiger partial charge in [-0.3, -0.25) is 14.2 Å². The average Bonchev–Trinajstić information content (AvgIpc) is 3.38. The summed E-state index contributed by atoms with van der Waals surface area (Å²) < 4.78 is 30.3. The van der Waals surface area contributed by atoms with Crippen LogP contribution in [-0.2, 0) is 27.9 Å². The molecular formula is C66H119N2O7P. The van der Waals surface area contributed by atoms with Crippen LogP contribution in [-0.4, -0.2) is 69.4 Å². The summed E-state index contributed by atoms with van der Waals surface area (Å²) in [5.74, 6) is -0.556. The van der Waals surface area contributed by atoms with Crippen molar-refractivity contribution in [2.24, 2.45) is 0 Å². The van der Waals surface area contributed by atoms with Crippen molar-refractivity contribution in [2.75, 3.05) is 40.9 Å². The number of rotatable bonds is 56. The molecule has 0 radical (unpaired) electrons. The topological polar surface area (TPSA) is 114 Å². The molecule has 0 aromatic carbocycles. The Morgan fingerprint density at radius 2 is 0.855 bits per heavy atom. The summed E-state index contributed by atoms with van der Waals surface area (Å²) in [5.41, 5.74) is 0. The van der Waals surface area contributed by atoms with Crippen LogP contribution in [0.2, 0.25) is 0 Å². The summed E-state index contributed by atoms with van der Waals surface area (Å²) in [4.78, 5) is 39.9. The Balaban J connectivity index is 5.05. The van der Waals surface area contributed by atoms with Crippen LogP contribution in [0.15, 0.2) is 85.1 Å². The number of carbonyl (C=O) groups excluding carboxylic acids is 2. The fraction of sp³-hybridized carbons (Fsp3) is 0.758. The van der Waals surface area contributed by atoms with E-state index < -0.39 is 26.6 Å². The zero-order chi connectivity index (χ0) is 55.7. The Morgan fingerprint density at radius 3 is 1.32 bits per heavy atom. The third kappa shape index (κ3) is 55.9. The average molecular weight is 1080 g/mol. The van der Waals surface area contributed by atoms with Gasteiger partial charge in [0.25, 0.3) is 7.82 Å². The number of nitrogens with one attached hydrogen (secondary N) is 1. The van der Waals surface area contributed by atoms with Gasteiger partial charge >= 0.3 is 5.97 Å². The smallest absolute Gasteiger partial charge is 0.306 e. The number of likely N-dealkylation sites (N-methyl/N-ethyl adjacent to an activating group) is 1. The monoisotopic (exact) mass is 1080 g/mol. The van der Waals surface area contributed by atoms with Gasteiger partial charge in [0.05, 0.1) is 33.8 Å². The molecule has 440 valence electrons. The normalized spacial score (nSPS) is 14.2. The SMILES string of the molecule is CC/C=C\C/C=C\C/C=C\C/C=C\C/C=C\CCCCCCCCCCCCCC(=O)NC(COP(=O)([O-])OCC[N+](C)(C)C)C(/C=C\CCCCCCCCCCCC)OC(=O)CCCCCCC/C=C\CCCC. The lowest BCUT2D eigenvalue weighted by Gasteiger charge is -2.30. The number of ether oxygens (including phenoxy) is 1. The summed E-state index contributed by atoms with van der Waals surface area (Å²) in [5, 5.41) is 3.02. The molecule has 9 nitrogen and oxygen atoms in total. The molecule has 0 rings (SSSR count). The van der Waals surface area contributed by atoms with Gasteiger partial charge in [0.2, 0.25) is 5.91 Å². The van der Waals surface area contributed by atoms with Gasteiger partial charge in [-0.15, -0.1) is 0 Å². The maximum absolute atomic E-state index is 13.5. The van der Waals surface area contributed by atoms with Crippen LogP contribution >= 0.6 is 7.82 Å². The van der Waals surface area contributed by atoms with Gasteiger partial charge in [0.1, 0.15) is 19.3 Å². The van der Waals surface area contributed by atoms with E-state index >= 15 is 0 Å². The molecule has 3 atom stereocenters. The third-order valence-electron chi connectivity index (χ3n) is 13.6. The summed E-state index contributed by atoms with van der Waals surface area (Å²) in [7, 11) is 1.17. The van der Waals surface area contributed by atoms with Crippen molar-refractivity contribution >= 4 is 19.7 Å². The number of phosphoric ester groups is 1. The van der Waals surface area contributed by atoms with E-state index in [4.69, 9.17) is 13.8 Å². The molecule has 3 unspecified atom stereocenters. The van der Waals surface area contributed by atoms with Gasteiger partial charge in [-0.05, 0) is 96.0 Å². The highest BCUT2D eigenvalue weighted by atomic mass is 31.2. The van der Waals surface area contributed by atoms with Crippen LogP contribution in [0.5, 0.6) is 0 Å². The highest BCUT2D eigenvalue weighted by Crippen LogP contribution is 2.38. The molecule has 1 amide bonds. The van der Waals surface area contributed by atoms with Gasteiger partial charge in [-0.25, -0.2) is 0 Å². The maximum Gasteiger partial charge on any atom is 0.306 e. The lowest BCUT2D eigenvalue weighted by atomic mass is 10.0. The minimum atomic E-state index is -4.70. The number of unbranched alkanes of at least 4 members (excludes halogenated alkanes) is 28. The van der Waals surface area contributed by atoms with Crippen molar-refractivity contribution in [3.05, 3.63) is 85.1 Å². The van der Waals surface area contributed by atoms with E-state index in [1.165, 1.54) is 109 Å². The van der Waals surface area contributed by atoms with Gasteiger partial charge in [-0.1, -0.05) is 247 Å². The second kappa shape index (κ2) is 55.5. The Kier molecular flexibility index (Phi) is 53.5. The molecule has 0 aliphatic carbocycles. The summed E-state index contributed by atoms with van der Waals surface area (Å²) >= 11 is 0. The van der Waals surface area contributed by atoms with E-state index in [-0.39, 0.29) is 24.9 Å². The highest BCUT2D eigenvalue weighted by molar-refractivity contribution is 7.45. The molecule has 0 aromatic rings. The molecule has 10 heteroatoms. The van der Waals surface area contributed by atoms with Gasteiger partial charge in [0, 0.05) is 12.8 Å². The molecule has 0 saturated carbocycles. The van der Waals surface area contributed by atoms with E-state index in [0.29, 0.717) is 17.4 Å². The standard InChI is InChI=1S/C66H119N2O7P/c1-7-10-13-16-19-22-25-27-28-29-30-31-32-33-34-35-36-37-38-39-40-41-44-46-49-52-55-58-65(69)67-63(62-74-76(71,72)73-61-60-68(4,5)6)64(57-54-51-48-45-43-26-23-20-17-14-11-8-2)75-66(70)59-56-53-50-47-42-24-21-18-15-12-9-3/h10,13,18-19,21-22,27-28,30-31,33-34,54,57,63-64H,7-9,11-12,14-17,20,23-26,29,32,35-53,55-56,58-62H2,1-6H3,(H-,67,69,71,72)/b13-10-,21-18-,22-19-,28-27-,31-30-,34-33-,57-54-. The van der Waals surface area contributed by atoms with E-state index in [0.717, 1.165) is 128 Å². The number of phosphoric acid groups is 1. The number of amides is 1. The quantitative estimate of drug-likeness (QED) is 0.0212. The first kappa shape index (κ1) is 73.2. The van der Waals surface area contributed by atoms with Crippen molar-refractivity contribution in [2.45, 2.75) is 283 Å². The van der Waals surface area contributed by atoms with E-state index in [9.17, 15) is 19.0 Å². The van der Waals surface area contributed by atoms with Crippen molar-refractivity contribution in [3.8, 4) is 0 Å². The van der Waals surface area contributed by atoms with Crippen LogP contribution in [0.4, 0.5) is 0 Å². The molecule has 0 heterocycles. The van der Waals surface area contributed by atoms with Gasteiger partial charge in [-0.2, -0.15) is 0 Å². The summed E-state index contributed by atoms with van der Waals surface area (Å²) in [6.07, 6.45) is 72.7. The number of carbonyl (C=O) groups is 2. The number of quaternary nitrogens is 1. The Labute approximate surface area is 469 Å². The number of esters is 1. The van der Waals surface area contributed by atoms with Crippen molar-refractivity contribution < 1.29 is 37.3 Å². The molecule has 0 fully saturated rings. The minimum absolute atomic E-state index is 0.0267. The van der Waals surface area contributed by atoms with Gasteiger partial charge in [0.15, 0.2) is 0 Å². The lowest BCUT2D eigenvalue weighted by molar-refractivity contribution is -0.870. The lowest BCUT2D eigenvalue weighted by Crippen LogP contribution is -2.47. The Hall–Kier alpha value is -2.81. The van der Waals surface area contributed by atoms with Crippen LogP contribution in [0.1, 0.15) is 271 Å². The van der Waals surface area contributed by atoms with Crippen molar-refractivity contribution in [1.82, 2.24) is 5.32 Å². The molecule has 1 N–H and O–H groups in total. The van der Waals surface area contributed by atoms with Crippen LogP contribution < -0.4 is 10.2 Å². The molecule has 0 spiro atoms. The van der Waals surface area contributed by atoms with Gasteiger partial charge < -0.3 is 28.5 Å². The van der Waals surface area contributed by atoms with E-state index in [1.807, 2.05) is 33.3 Å². The molecule has 0 saturated heterocycles. The second-order valence-corrected chi connectivity index (χ2v) is 23.6. The first-order chi connectivity index (χ1) is 36.9. The molecule has 0 bridgehead atoms. The molecule has 0 aliphatic heterocycles. The number of hydrogen-bond acceptors (Lipinski definition) is 7. The molecule has 76 heavy (non-hydrogen) atoms. The maximum atomic E-state index is 13.5. The Bertz CT molecular complexity index is 1580. The van der Waals surface area contributed by atoms with Crippen molar-refractivity contribution in [1.29, 1.82) is 0 Å². The molecular weight excluding hydrogens is 964 g/mol. The third-order valence-corrected chi connectivity index (χ3v) is 14.5. The number of hydrogen-bond donors (Lipinski definition) is 1. The summed E-state index contributed by atoms with van der Waals surface area (Å²) in [6, 6.07) is -0.895. The predicted octanol–water partition coefficient (Wildman–Crippen LogP) is 18.8. The van der Waals surface area contributed by atoms with Crippen LogP contribution in [0.25, 0.3) is 0 Å². The minimum Gasteiger partial charge on any atom is -0.756 e. The molecule has 0 aromatic heterocycles. The fourth-order valence-electron chi connectivity index (χ4n) is 8.71. The first-order valence-electron chi connectivity index (χ1n) is 31.4. The van der Waals surface area contributed by atoms with Crippen LogP contribution in [0.3, 0.4) is 0 Å². The largest absolute Gasteiger partial charge is 0.756 e. The number of allylic oxidation sites excluding steroid dienone is 13. The van der Waals surface area contributed by atoms with E-state index in [2.05, 4.69) is 99.0 Å². The zero-order valence-electron chi connectivity index (χ0n) is 50.2.